The molecule has 0 unspecified atom stereocenters. The Morgan fingerprint density at radius 2 is 2.00 bits per heavy atom. The third kappa shape index (κ3) is 1.73. The third-order valence-electron chi connectivity index (χ3n) is 2.75. The van der Waals surface area contributed by atoms with E-state index in [-0.39, 0.29) is 1.43 Å². The smallest absolute Gasteiger partial charge is 0.0958 e. The third-order valence-corrected chi connectivity index (χ3v) is 4.23. The molecular formula is C12H9I2N. The Morgan fingerprint density at radius 3 is 2.87 bits per heavy atom. The molecule has 0 fully saturated rings. The summed E-state index contributed by atoms with van der Waals surface area (Å²) >= 11 is 5.01. The average Bonchev–Trinajstić information content (AvgIpc) is 2.55. The molecule has 0 saturated carbocycles. The van der Waals surface area contributed by atoms with E-state index in [1.807, 2.05) is 0 Å². The highest BCUT2D eigenvalue weighted by atomic mass is 127. The maximum Gasteiger partial charge on any atom is 0.0958 e. The summed E-state index contributed by atoms with van der Waals surface area (Å²) in [7, 11) is 0. The van der Waals surface area contributed by atoms with E-state index in [1.54, 1.807) is 0 Å². The molecule has 3 heteroatoms. The maximum atomic E-state index is 3.46. The molecule has 1 aromatic heterocycles. The largest absolute Gasteiger partial charge is 0.355 e. The molecule has 1 aliphatic carbocycles. The number of aromatic amines is 1. The van der Waals surface area contributed by atoms with Gasteiger partial charge in [0.05, 0.1) is 1.43 Å². The van der Waals surface area contributed by atoms with E-state index in [2.05, 4.69) is 86.6 Å². The van der Waals surface area contributed by atoms with Gasteiger partial charge < -0.3 is 4.98 Å². The Labute approximate surface area is 116 Å². The van der Waals surface area contributed by atoms with E-state index in [0.717, 1.165) is 6.42 Å². The zero-order valence-electron chi connectivity index (χ0n) is 7.93. The fraction of sp³-hybridized carbons (Fsp3) is 0.167. The van der Waals surface area contributed by atoms with Crippen molar-refractivity contribution in [3.8, 4) is 0 Å². The minimum absolute atomic E-state index is 0.230. The predicted octanol–water partition coefficient (Wildman–Crippen LogP) is 4.30. The fourth-order valence-corrected chi connectivity index (χ4v) is 3.18. The Hall–Kier alpha value is -0.0400. The van der Waals surface area contributed by atoms with E-state index < -0.39 is 0 Å². The van der Waals surface area contributed by atoms with Gasteiger partial charge in [-0.3, -0.25) is 0 Å². The quantitative estimate of drug-likeness (QED) is 0.483. The van der Waals surface area contributed by atoms with Crippen LogP contribution in [0.5, 0.6) is 0 Å². The van der Waals surface area contributed by atoms with Crippen LogP contribution in [0.4, 0.5) is 0 Å². The van der Waals surface area contributed by atoms with Crippen LogP contribution in [0.25, 0.3) is 17.0 Å². The molecule has 0 saturated heterocycles. The molecule has 1 N–H and O–H groups in total. The molecule has 0 amide bonds. The van der Waals surface area contributed by atoms with Crippen molar-refractivity contribution in [3.63, 3.8) is 0 Å². The van der Waals surface area contributed by atoms with Crippen LogP contribution >= 0.6 is 45.2 Å². The van der Waals surface area contributed by atoms with E-state index >= 15 is 0 Å². The van der Waals surface area contributed by atoms with E-state index in [9.17, 15) is 0 Å². The standard InChI is InChI=1S/C12H9I2N/c13-12(14)6-5-11-9(7-12)8-3-1-2-4-10(8)15-11/h1-6,15H,7H2. The molecule has 0 spiro atoms. The van der Waals surface area contributed by atoms with Gasteiger partial charge in [0.15, 0.2) is 0 Å². The summed E-state index contributed by atoms with van der Waals surface area (Å²) in [6.45, 7) is 0. The highest BCUT2D eigenvalue weighted by molar-refractivity contribution is 14.2. The molecule has 0 radical (unpaired) electrons. The number of nitrogens with one attached hydrogen (secondary N) is 1. The van der Waals surface area contributed by atoms with Gasteiger partial charge in [0.1, 0.15) is 0 Å². The Morgan fingerprint density at radius 1 is 1.20 bits per heavy atom. The lowest BCUT2D eigenvalue weighted by Gasteiger charge is -2.20. The maximum absolute atomic E-state index is 3.46. The number of alkyl halides is 2. The van der Waals surface area contributed by atoms with Crippen molar-refractivity contribution in [1.82, 2.24) is 4.98 Å². The summed E-state index contributed by atoms with van der Waals surface area (Å²) in [5.41, 5.74) is 3.98. The van der Waals surface area contributed by atoms with Gasteiger partial charge in [-0.15, -0.1) is 0 Å². The molecule has 1 heterocycles. The Kier molecular flexibility index (Phi) is 2.35. The number of aromatic nitrogens is 1. The first kappa shape index (κ1) is 10.1. The summed E-state index contributed by atoms with van der Waals surface area (Å²) < 4.78 is 0.230. The van der Waals surface area contributed by atoms with E-state index in [4.69, 9.17) is 0 Å². The molecule has 0 bridgehead atoms. The van der Waals surface area contributed by atoms with Crippen molar-refractivity contribution < 1.29 is 0 Å². The van der Waals surface area contributed by atoms with Crippen molar-refractivity contribution >= 4 is 62.2 Å². The number of allylic oxidation sites excluding steroid dienone is 1. The molecule has 15 heavy (non-hydrogen) atoms. The van der Waals surface area contributed by atoms with Crippen LogP contribution in [0.3, 0.4) is 0 Å². The van der Waals surface area contributed by atoms with Crippen molar-refractivity contribution in [2.45, 2.75) is 7.85 Å². The topological polar surface area (TPSA) is 15.8 Å². The molecule has 1 aliphatic rings. The van der Waals surface area contributed by atoms with Crippen molar-refractivity contribution in [2.75, 3.05) is 0 Å². The van der Waals surface area contributed by atoms with Crippen molar-refractivity contribution in [2.24, 2.45) is 0 Å². The number of hydrogen-bond acceptors (Lipinski definition) is 0. The first-order valence-corrected chi connectivity index (χ1v) is 6.98. The summed E-state index contributed by atoms with van der Waals surface area (Å²) in [5.74, 6) is 0. The SMILES string of the molecule is IC1(I)C=Cc2[nH]c3ccccc3c2C1. The first-order chi connectivity index (χ1) is 7.16. The monoisotopic (exact) mass is 421 g/mol. The highest BCUT2D eigenvalue weighted by Gasteiger charge is 2.26. The number of para-hydroxylation sites is 1. The number of H-pyrrole nitrogens is 1. The zero-order valence-corrected chi connectivity index (χ0v) is 12.2. The van der Waals surface area contributed by atoms with E-state index in [1.165, 1.54) is 22.2 Å². The van der Waals surface area contributed by atoms with Crippen LogP contribution in [0.1, 0.15) is 11.3 Å². The van der Waals surface area contributed by atoms with Crippen molar-refractivity contribution in [1.29, 1.82) is 0 Å². The van der Waals surface area contributed by atoms with Crippen LogP contribution in [-0.4, -0.2) is 6.41 Å². The second-order valence-electron chi connectivity index (χ2n) is 3.83. The second-order valence-corrected chi connectivity index (χ2v) is 9.75. The molecule has 1 aromatic carbocycles. The van der Waals surface area contributed by atoms with Gasteiger partial charge in [-0.05, 0) is 17.7 Å². The van der Waals surface area contributed by atoms with Gasteiger partial charge in [-0.25, -0.2) is 0 Å². The molecular weight excluding hydrogens is 412 g/mol. The lowest BCUT2D eigenvalue weighted by Crippen LogP contribution is -2.14. The van der Waals surface area contributed by atoms with Gasteiger partial charge in [0.25, 0.3) is 0 Å². The Balaban J connectivity index is 2.29. The van der Waals surface area contributed by atoms with E-state index in [0.29, 0.717) is 0 Å². The van der Waals surface area contributed by atoms with Gasteiger partial charge in [-0.2, -0.15) is 0 Å². The minimum Gasteiger partial charge on any atom is -0.355 e. The van der Waals surface area contributed by atoms with Crippen LogP contribution < -0.4 is 0 Å². The first-order valence-electron chi connectivity index (χ1n) is 4.82. The van der Waals surface area contributed by atoms with Crippen LogP contribution in [-0.2, 0) is 6.42 Å². The summed E-state index contributed by atoms with van der Waals surface area (Å²) in [5, 5.41) is 1.37. The van der Waals surface area contributed by atoms with Crippen LogP contribution in [0.2, 0.25) is 0 Å². The number of rotatable bonds is 0. The average molecular weight is 421 g/mol. The number of hydrogen-bond donors (Lipinski definition) is 1. The highest BCUT2D eigenvalue weighted by Crippen LogP contribution is 2.40. The molecule has 0 aliphatic heterocycles. The number of fused-ring (bicyclic) bond motifs is 3. The number of benzene rings is 1. The fourth-order valence-electron chi connectivity index (χ4n) is 2.05. The van der Waals surface area contributed by atoms with Crippen molar-refractivity contribution in [3.05, 3.63) is 41.6 Å². The molecule has 2 aromatic rings. The van der Waals surface area contributed by atoms with Crippen LogP contribution in [0.15, 0.2) is 30.3 Å². The summed E-state index contributed by atoms with van der Waals surface area (Å²) in [6, 6.07) is 8.53. The molecule has 3 rings (SSSR count). The normalized spacial score (nSPS) is 18.0. The summed E-state index contributed by atoms with van der Waals surface area (Å²) in [4.78, 5) is 3.46. The van der Waals surface area contributed by atoms with Gasteiger partial charge in [0, 0.05) is 23.0 Å². The second kappa shape index (κ2) is 3.48. The van der Waals surface area contributed by atoms with Crippen LogP contribution in [0, 0.1) is 0 Å². The molecule has 76 valence electrons. The van der Waals surface area contributed by atoms with Gasteiger partial charge in [0.2, 0.25) is 0 Å². The predicted molar refractivity (Wildman–Crippen MR) is 81.8 cm³/mol. The minimum atomic E-state index is 0.230. The lowest BCUT2D eigenvalue weighted by atomic mass is 10.0. The van der Waals surface area contributed by atoms with Gasteiger partial charge >= 0.3 is 0 Å². The molecule has 1 nitrogen and oxygen atoms in total. The van der Waals surface area contributed by atoms with Gasteiger partial charge in [-0.1, -0.05) is 69.5 Å². The summed E-state index contributed by atoms with van der Waals surface area (Å²) in [6.07, 6.45) is 5.58. The Bertz CT molecular complexity index is 552. The number of halogens is 2. The molecule has 0 atom stereocenters. The lowest BCUT2D eigenvalue weighted by molar-refractivity contribution is 1.02. The zero-order chi connectivity index (χ0) is 10.5.